The highest BCUT2D eigenvalue weighted by Gasteiger charge is 2.38. The van der Waals surface area contributed by atoms with Crippen LogP contribution in [-0.2, 0) is 4.79 Å². The second kappa shape index (κ2) is 6.37. The van der Waals surface area contributed by atoms with Gasteiger partial charge in [0.15, 0.2) is 0 Å². The Morgan fingerprint density at radius 2 is 2.17 bits per heavy atom. The van der Waals surface area contributed by atoms with Gasteiger partial charge in [-0.05, 0) is 43.9 Å². The topological polar surface area (TPSA) is 41.1 Å². The highest BCUT2D eigenvalue weighted by Crippen LogP contribution is 2.44. The van der Waals surface area contributed by atoms with E-state index >= 15 is 0 Å². The molecule has 4 atom stereocenters. The fraction of sp³-hybridized carbons (Fsp3) is 0.800. The van der Waals surface area contributed by atoms with Crippen LogP contribution in [0.1, 0.15) is 39.5 Å². The maximum Gasteiger partial charge on any atom is 0.221 e. The number of fused-ring (bicyclic) bond motifs is 2. The minimum Gasteiger partial charge on any atom is -0.356 e. The smallest absolute Gasteiger partial charge is 0.221 e. The van der Waals surface area contributed by atoms with E-state index in [4.69, 9.17) is 0 Å². The molecule has 1 amide bonds. The molecule has 2 aliphatic carbocycles. The van der Waals surface area contributed by atoms with Crippen molar-refractivity contribution in [2.45, 2.75) is 45.6 Å². The Kier molecular flexibility index (Phi) is 4.81. The Morgan fingerprint density at radius 1 is 1.33 bits per heavy atom. The van der Waals surface area contributed by atoms with Crippen LogP contribution in [0, 0.1) is 17.8 Å². The first kappa shape index (κ1) is 13.6. The minimum absolute atomic E-state index is 0.171. The average molecular weight is 250 g/mol. The zero-order chi connectivity index (χ0) is 13.0. The molecule has 0 aromatic carbocycles. The average Bonchev–Trinajstić information content (AvgIpc) is 2.98. The number of rotatable bonds is 7. The lowest BCUT2D eigenvalue weighted by atomic mass is 9.87. The SMILES string of the molecule is CCCNC(=O)CCNC(C)C1CC2C=CC1C2. The molecule has 0 radical (unpaired) electrons. The van der Waals surface area contributed by atoms with E-state index in [0.717, 1.165) is 37.3 Å². The van der Waals surface area contributed by atoms with Crippen molar-refractivity contribution in [1.82, 2.24) is 10.6 Å². The van der Waals surface area contributed by atoms with Crippen LogP contribution in [0.25, 0.3) is 0 Å². The van der Waals surface area contributed by atoms with E-state index < -0.39 is 0 Å². The van der Waals surface area contributed by atoms with Gasteiger partial charge in [0.1, 0.15) is 0 Å². The number of hydrogen-bond acceptors (Lipinski definition) is 2. The van der Waals surface area contributed by atoms with Gasteiger partial charge in [-0.1, -0.05) is 19.1 Å². The van der Waals surface area contributed by atoms with Crippen LogP contribution in [0.4, 0.5) is 0 Å². The van der Waals surface area contributed by atoms with Crippen molar-refractivity contribution in [3.8, 4) is 0 Å². The van der Waals surface area contributed by atoms with Crippen LogP contribution < -0.4 is 10.6 Å². The predicted molar refractivity (Wildman–Crippen MR) is 74.2 cm³/mol. The molecule has 102 valence electrons. The van der Waals surface area contributed by atoms with Gasteiger partial charge in [-0.3, -0.25) is 4.79 Å². The van der Waals surface area contributed by atoms with Crippen LogP contribution >= 0.6 is 0 Å². The highest BCUT2D eigenvalue weighted by molar-refractivity contribution is 5.75. The zero-order valence-corrected chi connectivity index (χ0v) is 11.6. The largest absolute Gasteiger partial charge is 0.356 e. The molecule has 0 aromatic heterocycles. The summed E-state index contributed by atoms with van der Waals surface area (Å²) in [7, 11) is 0. The molecule has 4 unspecified atom stereocenters. The third-order valence-corrected chi connectivity index (χ3v) is 4.36. The summed E-state index contributed by atoms with van der Waals surface area (Å²) in [6.07, 6.45) is 9.07. The summed E-state index contributed by atoms with van der Waals surface area (Å²) in [5.41, 5.74) is 0. The Balaban J connectivity index is 1.62. The number of nitrogens with one attached hydrogen (secondary N) is 2. The second-order valence-corrected chi connectivity index (χ2v) is 5.79. The van der Waals surface area contributed by atoms with Gasteiger partial charge >= 0.3 is 0 Å². The van der Waals surface area contributed by atoms with E-state index in [1.165, 1.54) is 12.8 Å². The molecule has 2 bridgehead atoms. The monoisotopic (exact) mass is 250 g/mol. The maximum absolute atomic E-state index is 11.5. The van der Waals surface area contributed by atoms with Crippen molar-refractivity contribution in [2.24, 2.45) is 17.8 Å². The fourth-order valence-electron chi connectivity index (χ4n) is 3.32. The van der Waals surface area contributed by atoms with Gasteiger partial charge in [0.05, 0.1) is 0 Å². The van der Waals surface area contributed by atoms with E-state index in [1.807, 2.05) is 0 Å². The highest BCUT2D eigenvalue weighted by atomic mass is 16.1. The summed E-state index contributed by atoms with van der Waals surface area (Å²) in [6, 6.07) is 0.531. The molecule has 1 saturated carbocycles. The van der Waals surface area contributed by atoms with Crippen LogP contribution in [0.3, 0.4) is 0 Å². The molecule has 0 saturated heterocycles. The van der Waals surface area contributed by atoms with E-state index in [1.54, 1.807) is 0 Å². The molecule has 3 nitrogen and oxygen atoms in total. The number of carbonyl (C=O) groups is 1. The Morgan fingerprint density at radius 3 is 2.78 bits per heavy atom. The summed E-state index contributed by atoms with van der Waals surface area (Å²) >= 11 is 0. The zero-order valence-electron chi connectivity index (χ0n) is 11.6. The maximum atomic E-state index is 11.5. The van der Waals surface area contributed by atoms with Gasteiger partial charge < -0.3 is 10.6 Å². The Labute approximate surface area is 110 Å². The van der Waals surface area contributed by atoms with Crippen LogP contribution in [0.2, 0.25) is 0 Å². The van der Waals surface area contributed by atoms with Gasteiger partial charge in [0.25, 0.3) is 0 Å². The van der Waals surface area contributed by atoms with Gasteiger partial charge in [-0.15, -0.1) is 0 Å². The molecule has 0 spiro atoms. The van der Waals surface area contributed by atoms with Crippen molar-refractivity contribution in [3.63, 3.8) is 0 Å². The van der Waals surface area contributed by atoms with Gasteiger partial charge in [-0.25, -0.2) is 0 Å². The van der Waals surface area contributed by atoms with E-state index in [9.17, 15) is 4.79 Å². The van der Waals surface area contributed by atoms with Crippen LogP contribution in [0.5, 0.6) is 0 Å². The lowest BCUT2D eigenvalue weighted by molar-refractivity contribution is -0.121. The van der Waals surface area contributed by atoms with Crippen molar-refractivity contribution >= 4 is 5.91 Å². The molecule has 2 aliphatic rings. The molecular formula is C15H26N2O. The molecule has 1 fully saturated rings. The molecule has 18 heavy (non-hydrogen) atoms. The summed E-state index contributed by atoms with van der Waals surface area (Å²) in [5, 5.41) is 6.43. The number of amides is 1. The summed E-state index contributed by atoms with van der Waals surface area (Å²) in [5.74, 6) is 2.56. The van der Waals surface area contributed by atoms with Crippen LogP contribution in [0.15, 0.2) is 12.2 Å². The van der Waals surface area contributed by atoms with E-state index in [0.29, 0.717) is 12.5 Å². The second-order valence-electron chi connectivity index (χ2n) is 5.79. The third kappa shape index (κ3) is 3.35. The predicted octanol–water partition coefficient (Wildman–Crippen LogP) is 2.09. The number of carbonyl (C=O) groups excluding carboxylic acids is 1. The normalized spacial score (nSPS) is 30.7. The molecule has 3 heteroatoms. The van der Waals surface area contributed by atoms with E-state index in [-0.39, 0.29) is 5.91 Å². The quantitative estimate of drug-likeness (QED) is 0.679. The first-order valence-electron chi connectivity index (χ1n) is 7.39. The van der Waals surface area contributed by atoms with Gasteiger partial charge in [-0.2, -0.15) is 0 Å². The molecule has 0 aliphatic heterocycles. The lowest BCUT2D eigenvalue weighted by Crippen LogP contribution is -2.38. The summed E-state index contributed by atoms with van der Waals surface area (Å²) < 4.78 is 0. The lowest BCUT2D eigenvalue weighted by Gasteiger charge is -2.26. The molecular weight excluding hydrogens is 224 g/mol. The van der Waals surface area contributed by atoms with E-state index in [2.05, 4.69) is 36.6 Å². The van der Waals surface area contributed by atoms with Crippen LogP contribution in [-0.4, -0.2) is 25.0 Å². The number of hydrogen-bond donors (Lipinski definition) is 2. The van der Waals surface area contributed by atoms with Gasteiger partial charge in [0.2, 0.25) is 5.91 Å². The Bertz CT molecular complexity index is 314. The number of allylic oxidation sites excluding steroid dienone is 2. The molecule has 2 N–H and O–H groups in total. The minimum atomic E-state index is 0.171. The summed E-state index contributed by atoms with van der Waals surface area (Å²) in [4.78, 5) is 11.5. The summed E-state index contributed by atoms with van der Waals surface area (Å²) in [6.45, 7) is 5.94. The van der Waals surface area contributed by atoms with Crippen molar-refractivity contribution in [1.29, 1.82) is 0 Å². The van der Waals surface area contributed by atoms with Crippen molar-refractivity contribution in [3.05, 3.63) is 12.2 Å². The molecule has 0 aromatic rings. The van der Waals surface area contributed by atoms with Gasteiger partial charge in [0, 0.05) is 25.6 Å². The Hall–Kier alpha value is -0.830. The fourth-order valence-corrected chi connectivity index (χ4v) is 3.32. The first-order valence-corrected chi connectivity index (χ1v) is 7.39. The standard InChI is InChI=1S/C15H26N2O/c1-3-7-17-15(18)6-8-16-11(2)14-10-12-4-5-13(14)9-12/h4-5,11-14,16H,3,6-10H2,1-2H3,(H,17,18). The van der Waals surface area contributed by atoms with Crippen molar-refractivity contribution in [2.75, 3.05) is 13.1 Å². The third-order valence-electron chi connectivity index (χ3n) is 4.36. The molecule has 0 heterocycles. The molecule has 2 rings (SSSR count). The first-order chi connectivity index (χ1) is 8.70. The van der Waals surface area contributed by atoms with Crippen molar-refractivity contribution < 1.29 is 4.79 Å².